The number of carbonyl (C=O) groups is 2. The van der Waals surface area contributed by atoms with Crippen LogP contribution in [0.15, 0.2) is 18.2 Å². The van der Waals surface area contributed by atoms with Crippen molar-refractivity contribution >= 4 is 35.0 Å². The first-order valence-corrected chi connectivity index (χ1v) is 13.9. The fourth-order valence-corrected chi connectivity index (χ4v) is 6.42. The van der Waals surface area contributed by atoms with Crippen molar-refractivity contribution in [3.63, 3.8) is 0 Å². The number of piperazine rings is 1. The minimum atomic E-state index is -0.167. The molecule has 3 atom stereocenters. The van der Waals surface area contributed by atoms with Crippen molar-refractivity contribution in [1.29, 1.82) is 0 Å². The van der Waals surface area contributed by atoms with Gasteiger partial charge in [-0.05, 0) is 55.7 Å². The van der Waals surface area contributed by atoms with Crippen LogP contribution in [-0.2, 0) is 16.1 Å². The zero-order valence-electron chi connectivity index (χ0n) is 20.4. The molecule has 7 nitrogen and oxygen atoms in total. The van der Waals surface area contributed by atoms with Crippen molar-refractivity contribution in [3.05, 3.63) is 33.8 Å². The van der Waals surface area contributed by atoms with Crippen molar-refractivity contribution in [2.45, 2.75) is 57.2 Å². The molecule has 4 fully saturated rings. The summed E-state index contributed by atoms with van der Waals surface area (Å²) in [6, 6.07) is 6.00. The van der Waals surface area contributed by atoms with Gasteiger partial charge in [0.05, 0.1) is 22.6 Å². The second kappa shape index (κ2) is 11.3. The highest BCUT2D eigenvalue weighted by Gasteiger charge is 2.42. The van der Waals surface area contributed by atoms with Gasteiger partial charge in [0.25, 0.3) is 0 Å². The molecule has 0 radical (unpaired) electrons. The fourth-order valence-electron chi connectivity index (χ4n) is 6.10. The Kier molecular flexibility index (Phi) is 8.19. The molecule has 3 unspecified atom stereocenters. The van der Waals surface area contributed by atoms with Crippen LogP contribution >= 0.6 is 23.2 Å². The molecule has 9 heteroatoms. The molecule has 4 aliphatic rings. The normalized spacial score (nSPS) is 28.5. The third-order valence-corrected chi connectivity index (χ3v) is 9.21. The number of nitrogens with one attached hydrogen (secondary N) is 2. The minimum Gasteiger partial charge on any atom is -0.350 e. The lowest BCUT2D eigenvalue weighted by Gasteiger charge is -2.47. The predicted octanol–water partition coefficient (Wildman–Crippen LogP) is 2.95. The van der Waals surface area contributed by atoms with Crippen LogP contribution in [0.1, 0.15) is 44.1 Å². The zero-order chi connectivity index (χ0) is 24.4. The summed E-state index contributed by atoms with van der Waals surface area (Å²) in [6.07, 6.45) is 7.29. The van der Waals surface area contributed by atoms with Crippen LogP contribution in [0.25, 0.3) is 0 Å². The van der Waals surface area contributed by atoms with Crippen molar-refractivity contribution in [2.24, 2.45) is 11.8 Å². The second-order valence-electron chi connectivity index (χ2n) is 10.7. The van der Waals surface area contributed by atoms with Crippen molar-refractivity contribution in [3.8, 4) is 0 Å². The quantitative estimate of drug-likeness (QED) is 0.577. The summed E-state index contributed by atoms with van der Waals surface area (Å²) < 4.78 is 0. The molecule has 5 rings (SSSR count). The van der Waals surface area contributed by atoms with Crippen LogP contribution in [0.3, 0.4) is 0 Å². The molecule has 1 aromatic rings. The minimum absolute atomic E-state index is 0.0432. The Bertz CT molecular complexity index is 919. The first kappa shape index (κ1) is 25.3. The summed E-state index contributed by atoms with van der Waals surface area (Å²) in [6.45, 7) is 6.65. The summed E-state index contributed by atoms with van der Waals surface area (Å²) in [4.78, 5) is 32.8. The molecule has 2 saturated carbocycles. The first-order valence-electron chi connectivity index (χ1n) is 13.2. The van der Waals surface area contributed by atoms with Crippen LogP contribution in [0.2, 0.25) is 10.0 Å². The van der Waals surface area contributed by atoms with Crippen LogP contribution in [-0.4, -0.2) is 84.5 Å². The number of halogens is 2. The number of rotatable bonds is 7. The van der Waals surface area contributed by atoms with Crippen LogP contribution < -0.4 is 10.6 Å². The smallest absolute Gasteiger partial charge is 0.239 e. The third-order valence-electron chi connectivity index (χ3n) is 8.47. The third kappa shape index (κ3) is 6.13. The highest BCUT2D eigenvalue weighted by atomic mass is 35.5. The Morgan fingerprint density at radius 1 is 1.06 bits per heavy atom. The van der Waals surface area contributed by atoms with Gasteiger partial charge in [-0.15, -0.1) is 0 Å². The van der Waals surface area contributed by atoms with Crippen molar-refractivity contribution in [1.82, 2.24) is 25.3 Å². The van der Waals surface area contributed by atoms with Crippen LogP contribution in [0, 0.1) is 11.8 Å². The molecule has 2 saturated heterocycles. The van der Waals surface area contributed by atoms with Gasteiger partial charge in [0.2, 0.25) is 11.8 Å². The Morgan fingerprint density at radius 2 is 1.86 bits per heavy atom. The topological polar surface area (TPSA) is 67.9 Å². The van der Waals surface area contributed by atoms with Gasteiger partial charge in [-0.1, -0.05) is 35.7 Å². The van der Waals surface area contributed by atoms with Crippen LogP contribution in [0.4, 0.5) is 0 Å². The Balaban J connectivity index is 1.09. The highest BCUT2D eigenvalue weighted by molar-refractivity contribution is 6.42. The van der Waals surface area contributed by atoms with E-state index < -0.39 is 0 Å². The average molecular weight is 523 g/mol. The molecule has 2 N–H and O–H groups in total. The lowest BCUT2D eigenvalue weighted by Crippen LogP contribution is -2.62. The fraction of sp³-hybridized carbons (Fsp3) is 0.692. The largest absolute Gasteiger partial charge is 0.350 e. The van der Waals surface area contributed by atoms with E-state index in [0.29, 0.717) is 29.3 Å². The number of hydrogen-bond donors (Lipinski definition) is 2. The monoisotopic (exact) mass is 521 g/mol. The van der Waals surface area contributed by atoms with E-state index in [1.165, 1.54) is 25.8 Å². The second-order valence-corrected chi connectivity index (χ2v) is 11.6. The summed E-state index contributed by atoms with van der Waals surface area (Å²) in [5, 5.41) is 7.38. The van der Waals surface area contributed by atoms with Gasteiger partial charge >= 0.3 is 0 Å². The molecule has 2 amide bonds. The molecule has 2 aliphatic carbocycles. The first-order chi connectivity index (χ1) is 17.0. The number of fused-ring (bicyclic) bond motifs is 1. The lowest BCUT2D eigenvalue weighted by molar-refractivity contribution is -0.146. The predicted molar refractivity (Wildman–Crippen MR) is 138 cm³/mol. The molecule has 1 aromatic carbocycles. The molecule has 2 aliphatic heterocycles. The van der Waals surface area contributed by atoms with Crippen molar-refractivity contribution in [2.75, 3.05) is 45.9 Å². The van der Waals surface area contributed by atoms with Gasteiger partial charge in [0, 0.05) is 51.4 Å². The number of hydrogen-bond acceptors (Lipinski definition) is 5. The number of amides is 2. The standard InChI is InChI=1S/C26H37Cl2N5O2/c27-22-6-4-19(12-23(22)28)14-29-25(34)16-33-17-30-24-7-5-20(13-21(24)26(33)35)32-10-8-31(9-11-32)15-18-2-1-3-18/h4,6,12,18,20-21,24,30H,1-3,5,7-11,13-17H2,(H,29,34). The van der Waals surface area contributed by atoms with Crippen LogP contribution in [0.5, 0.6) is 0 Å². The van der Waals surface area contributed by atoms with E-state index in [4.69, 9.17) is 23.2 Å². The van der Waals surface area contributed by atoms with E-state index in [0.717, 1.165) is 56.9 Å². The molecule has 0 aromatic heterocycles. The molecule has 2 heterocycles. The molecule has 192 valence electrons. The SMILES string of the molecule is O=C(CN1CNC2CCC(N3CCN(CC4CCC4)CC3)CC2C1=O)NCc1ccc(Cl)c(Cl)c1. The number of benzene rings is 1. The summed E-state index contributed by atoms with van der Waals surface area (Å²) in [5.41, 5.74) is 0.874. The van der Waals surface area contributed by atoms with Gasteiger partial charge < -0.3 is 15.1 Å². The summed E-state index contributed by atoms with van der Waals surface area (Å²) in [5.74, 6) is 0.833. The maximum atomic E-state index is 13.3. The average Bonchev–Trinajstić information content (AvgIpc) is 2.84. The lowest BCUT2D eigenvalue weighted by atomic mass is 9.79. The van der Waals surface area contributed by atoms with Gasteiger partial charge in [0.1, 0.15) is 6.54 Å². The van der Waals surface area contributed by atoms with Gasteiger partial charge in [-0.2, -0.15) is 0 Å². The molecule has 0 spiro atoms. The Labute approximate surface area is 218 Å². The molecule has 0 bridgehead atoms. The number of carbonyl (C=O) groups excluding carboxylic acids is 2. The van der Waals surface area contributed by atoms with Gasteiger partial charge in [0.15, 0.2) is 0 Å². The Morgan fingerprint density at radius 3 is 2.57 bits per heavy atom. The van der Waals surface area contributed by atoms with Gasteiger partial charge in [-0.3, -0.25) is 19.8 Å². The zero-order valence-corrected chi connectivity index (χ0v) is 21.9. The molecular weight excluding hydrogens is 485 g/mol. The molecular formula is C26H37Cl2N5O2. The number of nitrogens with zero attached hydrogens (tertiary/aromatic N) is 3. The van der Waals surface area contributed by atoms with E-state index in [9.17, 15) is 9.59 Å². The van der Waals surface area contributed by atoms with E-state index >= 15 is 0 Å². The van der Waals surface area contributed by atoms with Gasteiger partial charge in [-0.25, -0.2) is 0 Å². The van der Waals surface area contributed by atoms with E-state index in [1.54, 1.807) is 17.0 Å². The highest BCUT2D eigenvalue weighted by Crippen LogP contribution is 2.33. The Hall–Kier alpha value is -1.38. The van der Waals surface area contributed by atoms with E-state index in [-0.39, 0.29) is 30.3 Å². The van der Waals surface area contributed by atoms with E-state index in [2.05, 4.69) is 20.4 Å². The summed E-state index contributed by atoms with van der Waals surface area (Å²) in [7, 11) is 0. The van der Waals surface area contributed by atoms with E-state index in [1.807, 2.05) is 6.07 Å². The molecule has 35 heavy (non-hydrogen) atoms. The maximum Gasteiger partial charge on any atom is 0.239 e. The summed E-state index contributed by atoms with van der Waals surface area (Å²) >= 11 is 12.0. The van der Waals surface area contributed by atoms with Crippen molar-refractivity contribution < 1.29 is 9.59 Å². The maximum absolute atomic E-state index is 13.3.